The predicted molar refractivity (Wildman–Crippen MR) is 142 cm³/mol. The third-order valence-corrected chi connectivity index (χ3v) is 5.93. The van der Waals surface area contributed by atoms with Gasteiger partial charge >= 0.3 is 11.7 Å². The Bertz CT molecular complexity index is 1600. The van der Waals surface area contributed by atoms with Crippen LogP contribution >= 0.6 is 15.9 Å². The molecule has 37 heavy (non-hydrogen) atoms. The quantitative estimate of drug-likeness (QED) is 0.168. The second kappa shape index (κ2) is 11.1. The molecule has 0 aliphatic heterocycles. The van der Waals surface area contributed by atoms with E-state index in [4.69, 9.17) is 4.74 Å². The molecule has 0 bridgehead atoms. The summed E-state index contributed by atoms with van der Waals surface area (Å²) in [7, 11) is 0. The summed E-state index contributed by atoms with van der Waals surface area (Å²) in [4.78, 5) is 40.2. The molecule has 4 rings (SSSR count). The number of aryl methyl sites for hydroxylation is 1. The van der Waals surface area contributed by atoms with Gasteiger partial charge < -0.3 is 9.84 Å². The van der Waals surface area contributed by atoms with Crippen molar-refractivity contribution in [3.05, 3.63) is 108 Å². The third-order valence-electron chi connectivity index (χ3n) is 5.44. The van der Waals surface area contributed by atoms with Crippen LogP contribution in [0.4, 0.5) is 5.69 Å². The fourth-order valence-corrected chi connectivity index (χ4v) is 4.07. The Morgan fingerprint density at radius 2 is 2.00 bits per heavy atom. The average Bonchev–Trinajstić information content (AvgIpc) is 2.88. The Morgan fingerprint density at radius 3 is 2.73 bits per heavy atom. The zero-order valence-electron chi connectivity index (χ0n) is 19.6. The summed E-state index contributed by atoms with van der Waals surface area (Å²) >= 11 is 3.37. The van der Waals surface area contributed by atoms with Gasteiger partial charge in [0.2, 0.25) is 5.75 Å². The second-order valence-electron chi connectivity index (χ2n) is 8.05. The van der Waals surface area contributed by atoms with Crippen LogP contribution in [-0.4, -0.2) is 31.9 Å². The number of ether oxygens (including phenoxy) is 1. The van der Waals surface area contributed by atoms with Crippen LogP contribution in [0.1, 0.15) is 40.7 Å². The van der Waals surface area contributed by atoms with Crippen molar-refractivity contribution in [3.8, 4) is 5.75 Å². The normalized spacial score (nSPS) is 11.2. The van der Waals surface area contributed by atoms with Crippen LogP contribution < -0.4 is 10.3 Å². The topological polar surface area (TPSA) is 137 Å². The molecule has 0 radical (unpaired) electrons. The molecule has 0 saturated heterocycles. The van der Waals surface area contributed by atoms with E-state index >= 15 is 0 Å². The van der Waals surface area contributed by atoms with Crippen LogP contribution in [0.25, 0.3) is 10.9 Å². The number of aromatic carboxylic acids is 1. The second-order valence-corrected chi connectivity index (χ2v) is 8.96. The van der Waals surface area contributed by atoms with Crippen LogP contribution in [0.2, 0.25) is 0 Å². The Labute approximate surface area is 219 Å². The summed E-state index contributed by atoms with van der Waals surface area (Å²) in [6.45, 7) is 1.84. The van der Waals surface area contributed by atoms with E-state index in [0.29, 0.717) is 28.7 Å². The number of carbonyl (C=O) groups is 1. The molecule has 4 aromatic rings. The van der Waals surface area contributed by atoms with E-state index in [-0.39, 0.29) is 34.7 Å². The van der Waals surface area contributed by atoms with Gasteiger partial charge in [0.05, 0.1) is 27.6 Å². The molecule has 11 heteroatoms. The van der Waals surface area contributed by atoms with Crippen LogP contribution in [0.15, 0.2) is 75.0 Å². The third kappa shape index (κ3) is 5.72. The van der Waals surface area contributed by atoms with E-state index in [0.717, 1.165) is 10.9 Å². The number of aromatic nitrogens is 2. The highest BCUT2D eigenvalue weighted by Crippen LogP contribution is 2.31. The maximum absolute atomic E-state index is 13.3. The van der Waals surface area contributed by atoms with Gasteiger partial charge in [-0.25, -0.2) is 9.78 Å². The first-order valence-electron chi connectivity index (χ1n) is 11.3. The van der Waals surface area contributed by atoms with Crippen LogP contribution in [0.5, 0.6) is 5.75 Å². The first kappa shape index (κ1) is 25.7. The lowest BCUT2D eigenvalue weighted by Crippen LogP contribution is -2.22. The fraction of sp³-hybridized carbons (Fsp3) is 0.154. The number of para-hydroxylation sites is 1. The van der Waals surface area contributed by atoms with Crippen molar-refractivity contribution in [3.63, 3.8) is 0 Å². The highest BCUT2D eigenvalue weighted by Gasteiger charge is 2.19. The standard InChI is InChI=1S/C26H21BrN4O6/c1-2-5-23-29-21-11-10-19(27)13-20(21)25(32)30(23)28-14-18-8-4-9-22(31(35)36)24(18)37-15-16-6-3-7-17(12-16)26(33)34/h3-4,6-14H,2,5,15H2,1H3,(H,33,34). The van der Waals surface area contributed by atoms with E-state index in [2.05, 4.69) is 26.0 Å². The van der Waals surface area contributed by atoms with Gasteiger partial charge in [-0.1, -0.05) is 41.1 Å². The first-order chi connectivity index (χ1) is 17.8. The molecule has 1 N–H and O–H groups in total. The van der Waals surface area contributed by atoms with Crippen molar-refractivity contribution in [2.45, 2.75) is 26.4 Å². The van der Waals surface area contributed by atoms with Crippen molar-refractivity contribution in [1.82, 2.24) is 9.66 Å². The average molecular weight is 565 g/mol. The van der Waals surface area contributed by atoms with Gasteiger partial charge in [0.25, 0.3) is 5.56 Å². The zero-order valence-corrected chi connectivity index (χ0v) is 21.2. The van der Waals surface area contributed by atoms with Crippen LogP contribution in [-0.2, 0) is 13.0 Å². The number of fused-ring (bicyclic) bond motifs is 1. The number of hydrogen-bond acceptors (Lipinski definition) is 7. The largest absolute Gasteiger partial charge is 0.481 e. The van der Waals surface area contributed by atoms with Gasteiger partial charge in [0.15, 0.2) is 0 Å². The number of nitrogens with zero attached hydrogens (tertiary/aromatic N) is 4. The molecule has 1 aromatic heterocycles. The molecule has 1 heterocycles. The van der Waals surface area contributed by atoms with Crippen molar-refractivity contribution in [1.29, 1.82) is 0 Å². The van der Waals surface area contributed by atoms with Gasteiger partial charge in [0, 0.05) is 22.5 Å². The van der Waals surface area contributed by atoms with E-state index in [1.165, 1.54) is 35.2 Å². The minimum atomic E-state index is -1.09. The predicted octanol–water partition coefficient (Wildman–Crippen LogP) is 5.18. The molecule has 0 aliphatic rings. The number of halogens is 1. The fourth-order valence-electron chi connectivity index (χ4n) is 3.71. The van der Waals surface area contributed by atoms with E-state index in [9.17, 15) is 24.8 Å². The molecular weight excluding hydrogens is 544 g/mol. The minimum Gasteiger partial charge on any atom is -0.481 e. The summed E-state index contributed by atoms with van der Waals surface area (Å²) in [6, 6.07) is 15.7. The maximum atomic E-state index is 13.3. The Balaban J connectivity index is 1.76. The zero-order chi connectivity index (χ0) is 26.5. The smallest absolute Gasteiger partial charge is 0.335 e. The molecule has 0 spiro atoms. The maximum Gasteiger partial charge on any atom is 0.335 e. The number of rotatable bonds is 9. The van der Waals surface area contributed by atoms with Gasteiger partial charge in [-0.3, -0.25) is 14.9 Å². The minimum absolute atomic E-state index is 0.0569. The van der Waals surface area contributed by atoms with E-state index in [1.54, 1.807) is 36.4 Å². The molecular formula is C26H21BrN4O6. The van der Waals surface area contributed by atoms with Gasteiger partial charge in [0.1, 0.15) is 12.4 Å². The SMILES string of the molecule is CCCc1nc2ccc(Br)cc2c(=O)n1N=Cc1cccc([N+](=O)[O-])c1OCc1cccc(C(=O)O)c1. The molecule has 3 aromatic carbocycles. The number of nitro benzene ring substituents is 1. The van der Waals surface area contributed by atoms with Crippen LogP contribution in [0.3, 0.4) is 0 Å². The summed E-state index contributed by atoms with van der Waals surface area (Å²) < 4.78 is 7.71. The molecule has 0 saturated carbocycles. The lowest BCUT2D eigenvalue weighted by molar-refractivity contribution is -0.385. The lowest BCUT2D eigenvalue weighted by atomic mass is 10.1. The Hall–Kier alpha value is -4.38. The number of carboxylic acid groups (broad SMARTS) is 1. The summed E-state index contributed by atoms with van der Waals surface area (Å²) in [6.07, 6.45) is 2.55. The molecule has 10 nitrogen and oxygen atoms in total. The van der Waals surface area contributed by atoms with Crippen molar-refractivity contribution in [2.24, 2.45) is 5.10 Å². The van der Waals surface area contributed by atoms with E-state index < -0.39 is 10.9 Å². The Kier molecular flexibility index (Phi) is 7.73. The summed E-state index contributed by atoms with van der Waals surface area (Å²) in [5.74, 6) is -0.694. The van der Waals surface area contributed by atoms with E-state index in [1.807, 2.05) is 6.92 Å². The van der Waals surface area contributed by atoms with Crippen molar-refractivity contribution < 1.29 is 19.6 Å². The first-order valence-corrected chi connectivity index (χ1v) is 12.1. The van der Waals surface area contributed by atoms with Gasteiger partial charge in [-0.05, 0) is 48.4 Å². The monoisotopic (exact) mass is 564 g/mol. The number of benzene rings is 3. The highest BCUT2D eigenvalue weighted by molar-refractivity contribution is 9.10. The van der Waals surface area contributed by atoms with Gasteiger partial charge in [-0.15, -0.1) is 0 Å². The molecule has 0 unspecified atom stereocenters. The number of carboxylic acids is 1. The highest BCUT2D eigenvalue weighted by atomic mass is 79.9. The Morgan fingerprint density at radius 1 is 1.22 bits per heavy atom. The van der Waals surface area contributed by atoms with Gasteiger partial charge in [-0.2, -0.15) is 9.78 Å². The molecule has 0 fully saturated rings. The molecule has 188 valence electrons. The summed E-state index contributed by atoms with van der Waals surface area (Å²) in [5.41, 5.74) is 0.748. The molecule has 0 aliphatic carbocycles. The number of nitro groups is 1. The number of hydrogen-bond donors (Lipinski definition) is 1. The summed E-state index contributed by atoms with van der Waals surface area (Å²) in [5, 5.41) is 25.6. The van der Waals surface area contributed by atoms with Crippen molar-refractivity contribution in [2.75, 3.05) is 0 Å². The molecule has 0 amide bonds. The lowest BCUT2D eigenvalue weighted by Gasteiger charge is -2.11. The van der Waals surface area contributed by atoms with Crippen molar-refractivity contribution >= 4 is 44.7 Å². The molecule has 0 atom stereocenters. The van der Waals surface area contributed by atoms with Crippen LogP contribution in [0, 0.1) is 10.1 Å².